The molecule has 0 spiro atoms. The Morgan fingerprint density at radius 2 is 1.72 bits per heavy atom. The molecule has 32 heavy (non-hydrogen) atoms. The number of hydrogen-bond donors (Lipinski definition) is 2. The number of anilines is 1. The summed E-state index contributed by atoms with van der Waals surface area (Å²) in [7, 11) is 0. The molecular formula is C21H14F3N3O5. The minimum Gasteiger partial charge on any atom is -0.457 e. The average Bonchev–Trinajstić information content (AvgIpc) is 3.29. The normalized spacial score (nSPS) is 11.2. The van der Waals surface area contributed by atoms with Gasteiger partial charge in [-0.15, -0.1) is 0 Å². The second-order valence-electron chi connectivity index (χ2n) is 6.17. The Bertz CT molecular complexity index is 1140. The molecule has 11 heteroatoms. The summed E-state index contributed by atoms with van der Waals surface area (Å²) >= 11 is 0. The molecule has 3 aromatic rings. The first-order valence-corrected chi connectivity index (χ1v) is 8.90. The van der Waals surface area contributed by atoms with Crippen molar-refractivity contribution in [2.24, 2.45) is 5.10 Å². The Hall–Kier alpha value is -4.41. The maximum atomic E-state index is 12.5. The van der Waals surface area contributed by atoms with Crippen molar-refractivity contribution >= 4 is 29.7 Å². The smallest absolute Gasteiger partial charge is 0.416 e. The van der Waals surface area contributed by atoms with Gasteiger partial charge in [-0.1, -0.05) is 12.1 Å². The standard InChI is InChI=1S/C21H14F3N3O5/c22-21(23,24)14-6-8-15(9-7-14)26-18(28)19(29)27-25-12-13-3-1-4-16(11-13)32-20(30)17-5-2-10-31-17/h1-12H,(H,26,28)(H,27,29)/b25-12+. The van der Waals surface area contributed by atoms with Crippen LogP contribution in [0.5, 0.6) is 5.75 Å². The summed E-state index contributed by atoms with van der Waals surface area (Å²) in [6, 6.07) is 12.7. The number of alkyl halides is 3. The molecule has 0 radical (unpaired) electrons. The molecule has 0 aliphatic rings. The fourth-order valence-corrected chi connectivity index (χ4v) is 2.36. The Morgan fingerprint density at radius 1 is 0.969 bits per heavy atom. The maximum Gasteiger partial charge on any atom is 0.416 e. The van der Waals surface area contributed by atoms with Crippen molar-refractivity contribution in [2.45, 2.75) is 6.18 Å². The highest BCUT2D eigenvalue weighted by Crippen LogP contribution is 2.29. The molecule has 2 aromatic carbocycles. The number of esters is 1. The number of rotatable bonds is 5. The zero-order chi connectivity index (χ0) is 23.1. The molecule has 0 fully saturated rings. The van der Waals surface area contributed by atoms with Crippen LogP contribution in [0.3, 0.4) is 0 Å². The Balaban J connectivity index is 1.53. The number of amides is 2. The van der Waals surface area contributed by atoms with Crippen molar-refractivity contribution in [3.8, 4) is 5.75 Å². The van der Waals surface area contributed by atoms with E-state index in [1.165, 1.54) is 36.7 Å². The minimum absolute atomic E-state index is 0.00760. The summed E-state index contributed by atoms with van der Waals surface area (Å²) < 4.78 is 47.7. The third-order valence-corrected chi connectivity index (χ3v) is 3.85. The first-order valence-electron chi connectivity index (χ1n) is 8.90. The third kappa shape index (κ3) is 6.05. The zero-order valence-electron chi connectivity index (χ0n) is 16.1. The van der Waals surface area contributed by atoms with Crippen LogP contribution in [-0.4, -0.2) is 24.0 Å². The van der Waals surface area contributed by atoms with E-state index in [4.69, 9.17) is 9.15 Å². The molecule has 164 valence electrons. The summed E-state index contributed by atoms with van der Waals surface area (Å²) in [6.07, 6.45) is -1.98. The van der Waals surface area contributed by atoms with Crippen LogP contribution in [0, 0.1) is 0 Å². The van der Waals surface area contributed by atoms with E-state index in [1.807, 2.05) is 5.43 Å². The molecule has 8 nitrogen and oxygen atoms in total. The molecule has 1 aromatic heterocycles. The number of hydrogen-bond acceptors (Lipinski definition) is 6. The minimum atomic E-state index is -4.51. The van der Waals surface area contributed by atoms with Crippen LogP contribution >= 0.6 is 0 Å². The molecule has 3 rings (SSSR count). The second-order valence-corrected chi connectivity index (χ2v) is 6.17. The topological polar surface area (TPSA) is 110 Å². The second kappa shape index (κ2) is 9.60. The molecule has 2 amide bonds. The van der Waals surface area contributed by atoms with Gasteiger partial charge in [0.2, 0.25) is 5.76 Å². The van der Waals surface area contributed by atoms with Gasteiger partial charge in [-0.25, -0.2) is 10.2 Å². The average molecular weight is 445 g/mol. The summed E-state index contributed by atoms with van der Waals surface area (Å²) in [5.74, 6) is -2.74. The molecule has 2 N–H and O–H groups in total. The largest absolute Gasteiger partial charge is 0.457 e. The number of nitrogens with zero attached hydrogens (tertiary/aromatic N) is 1. The molecule has 1 heterocycles. The molecule has 0 saturated heterocycles. The predicted molar refractivity (Wildman–Crippen MR) is 106 cm³/mol. The number of carbonyl (C=O) groups is 3. The number of halogens is 3. The zero-order valence-corrected chi connectivity index (χ0v) is 16.1. The highest BCUT2D eigenvalue weighted by molar-refractivity contribution is 6.39. The lowest BCUT2D eigenvalue weighted by Gasteiger charge is -2.08. The van der Waals surface area contributed by atoms with Gasteiger partial charge in [0, 0.05) is 5.69 Å². The van der Waals surface area contributed by atoms with E-state index < -0.39 is 29.5 Å². The van der Waals surface area contributed by atoms with Gasteiger partial charge in [0.15, 0.2) is 0 Å². The quantitative estimate of drug-likeness (QED) is 0.205. The van der Waals surface area contributed by atoms with E-state index >= 15 is 0 Å². The van der Waals surface area contributed by atoms with Crippen LogP contribution in [0.1, 0.15) is 21.7 Å². The number of ether oxygens (including phenoxy) is 1. The number of benzene rings is 2. The van der Waals surface area contributed by atoms with Crippen LogP contribution < -0.4 is 15.5 Å². The van der Waals surface area contributed by atoms with Crippen LogP contribution in [0.4, 0.5) is 18.9 Å². The molecular weight excluding hydrogens is 431 g/mol. The number of carbonyl (C=O) groups excluding carboxylic acids is 3. The van der Waals surface area contributed by atoms with Crippen molar-refractivity contribution < 1.29 is 36.7 Å². The Labute approximate surface area is 178 Å². The van der Waals surface area contributed by atoms with Gasteiger partial charge in [0.1, 0.15) is 5.75 Å². The van der Waals surface area contributed by atoms with E-state index in [-0.39, 0.29) is 17.2 Å². The van der Waals surface area contributed by atoms with Crippen LogP contribution in [0.2, 0.25) is 0 Å². The van der Waals surface area contributed by atoms with Crippen LogP contribution in [0.25, 0.3) is 0 Å². The highest BCUT2D eigenvalue weighted by atomic mass is 19.4. The van der Waals surface area contributed by atoms with E-state index in [0.29, 0.717) is 5.56 Å². The van der Waals surface area contributed by atoms with E-state index in [2.05, 4.69) is 10.4 Å². The van der Waals surface area contributed by atoms with Crippen LogP contribution in [0.15, 0.2) is 76.4 Å². The lowest BCUT2D eigenvalue weighted by Crippen LogP contribution is -2.32. The molecule has 0 saturated carbocycles. The van der Waals surface area contributed by atoms with E-state index in [0.717, 1.165) is 24.3 Å². The first-order chi connectivity index (χ1) is 15.2. The van der Waals surface area contributed by atoms with Crippen molar-refractivity contribution in [2.75, 3.05) is 5.32 Å². The van der Waals surface area contributed by atoms with Crippen molar-refractivity contribution in [3.05, 3.63) is 83.8 Å². The van der Waals surface area contributed by atoms with Gasteiger partial charge in [-0.2, -0.15) is 18.3 Å². The van der Waals surface area contributed by atoms with Gasteiger partial charge in [-0.05, 0) is 54.1 Å². The molecule has 0 atom stereocenters. The predicted octanol–water partition coefficient (Wildman–Crippen LogP) is 3.61. The maximum absolute atomic E-state index is 12.5. The van der Waals surface area contributed by atoms with Crippen molar-refractivity contribution in [1.29, 1.82) is 0 Å². The summed E-state index contributed by atoms with van der Waals surface area (Å²) in [5, 5.41) is 5.78. The summed E-state index contributed by atoms with van der Waals surface area (Å²) in [6.45, 7) is 0. The Kier molecular flexibility index (Phi) is 6.68. The van der Waals surface area contributed by atoms with E-state index in [9.17, 15) is 27.6 Å². The molecule has 0 aliphatic carbocycles. The molecule has 0 bridgehead atoms. The third-order valence-electron chi connectivity index (χ3n) is 3.85. The SMILES string of the molecule is O=C(N/N=C/c1cccc(OC(=O)c2ccco2)c1)C(=O)Nc1ccc(C(F)(F)F)cc1. The monoisotopic (exact) mass is 445 g/mol. The first kappa shape index (κ1) is 22.3. The highest BCUT2D eigenvalue weighted by Gasteiger charge is 2.30. The number of furan rings is 1. The summed E-state index contributed by atoms with van der Waals surface area (Å²) in [4.78, 5) is 35.5. The fraction of sp³-hybridized carbons (Fsp3) is 0.0476. The van der Waals surface area contributed by atoms with E-state index in [1.54, 1.807) is 12.1 Å². The lowest BCUT2D eigenvalue weighted by atomic mass is 10.2. The number of nitrogens with one attached hydrogen (secondary N) is 2. The van der Waals surface area contributed by atoms with Crippen molar-refractivity contribution in [1.82, 2.24) is 5.43 Å². The van der Waals surface area contributed by atoms with Crippen molar-refractivity contribution in [3.63, 3.8) is 0 Å². The van der Waals surface area contributed by atoms with Gasteiger partial charge in [-0.3, -0.25) is 9.59 Å². The van der Waals surface area contributed by atoms with Gasteiger partial charge in [0.25, 0.3) is 0 Å². The Morgan fingerprint density at radius 3 is 2.38 bits per heavy atom. The fourth-order valence-electron chi connectivity index (χ4n) is 2.36. The van der Waals surface area contributed by atoms with Gasteiger partial charge in [0.05, 0.1) is 18.0 Å². The van der Waals surface area contributed by atoms with Crippen LogP contribution in [-0.2, 0) is 15.8 Å². The molecule has 0 aliphatic heterocycles. The number of hydrazone groups is 1. The van der Waals surface area contributed by atoms with Gasteiger partial charge >= 0.3 is 24.0 Å². The summed E-state index contributed by atoms with van der Waals surface area (Å²) in [5.41, 5.74) is 1.55. The lowest BCUT2D eigenvalue weighted by molar-refractivity contribution is -0.137. The molecule has 0 unspecified atom stereocenters. The van der Waals surface area contributed by atoms with Gasteiger partial charge < -0.3 is 14.5 Å².